The first kappa shape index (κ1) is 13.9. The summed E-state index contributed by atoms with van der Waals surface area (Å²) >= 11 is 5.95. The minimum Gasteiger partial charge on any atom is -0.269 e. The lowest BCUT2D eigenvalue weighted by atomic mass is 10.2. The summed E-state index contributed by atoms with van der Waals surface area (Å²) in [7, 11) is -2.00. The largest absolute Gasteiger partial charge is 0.269 e. The molecule has 2 rings (SSSR count). The topological polar surface area (TPSA) is 37.4 Å². The zero-order valence-electron chi connectivity index (χ0n) is 10.7. The lowest BCUT2D eigenvalue weighted by Gasteiger charge is -2.20. The summed E-state index contributed by atoms with van der Waals surface area (Å²) in [5.74, 6) is 0. The first-order valence-corrected chi connectivity index (χ1v) is 7.55. The van der Waals surface area contributed by atoms with Gasteiger partial charge < -0.3 is 0 Å². The average Bonchev–Trinajstić information content (AvgIpc) is 2.42. The molecule has 0 aromatic heterocycles. The van der Waals surface area contributed by atoms with Crippen LogP contribution in [0.2, 0.25) is 5.02 Å². The Morgan fingerprint density at radius 3 is 2.26 bits per heavy atom. The Balaban J connectivity index is 2.44. The second kappa shape index (κ2) is 5.23. The second-order valence-electron chi connectivity index (χ2n) is 4.22. The molecule has 0 radical (unpaired) electrons. The summed E-state index contributed by atoms with van der Waals surface area (Å²) in [4.78, 5) is 0.269. The van der Waals surface area contributed by atoms with Crippen LogP contribution in [0.3, 0.4) is 0 Å². The highest BCUT2D eigenvalue weighted by Gasteiger charge is 2.20. The number of sulfonamides is 1. The third-order valence-electron chi connectivity index (χ3n) is 2.91. The van der Waals surface area contributed by atoms with Gasteiger partial charge in [-0.1, -0.05) is 29.8 Å². The van der Waals surface area contributed by atoms with Crippen molar-refractivity contribution in [2.24, 2.45) is 0 Å². The number of nitrogens with zero attached hydrogens (tertiary/aromatic N) is 1. The molecule has 19 heavy (non-hydrogen) atoms. The highest BCUT2D eigenvalue weighted by Crippen LogP contribution is 2.25. The van der Waals surface area contributed by atoms with Crippen LogP contribution in [0.4, 0.5) is 5.69 Å². The quantitative estimate of drug-likeness (QED) is 0.869. The standard InChI is InChI=1S/C14H14ClNO2S/c1-11-10-12(8-9-14(11)15)16(2)19(17,18)13-6-4-3-5-7-13/h3-10H,1-2H3. The maximum absolute atomic E-state index is 12.4. The monoisotopic (exact) mass is 295 g/mol. The lowest BCUT2D eigenvalue weighted by molar-refractivity contribution is 0.594. The van der Waals surface area contributed by atoms with Crippen molar-refractivity contribution in [3.05, 3.63) is 59.1 Å². The van der Waals surface area contributed by atoms with Gasteiger partial charge in [0.25, 0.3) is 10.0 Å². The number of anilines is 1. The van der Waals surface area contributed by atoms with E-state index in [-0.39, 0.29) is 4.90 Å². The molecule has 0 atom stereocenters. The van der Waals surface area contributed by atoms with E-state index in [1.807, 2.05) is 6.92 Å². The molecule has 0 heterocycles. The van der Waals surface area contributed by atoms with Gasteiger partial charge >= 0.3 is 0 Å². The van der Waals surface area contributed by atoms with E-state index in [9.17, 15) is 8.42 Å². The Kier molecular flexibility index (Phi) is 3.83. The Morgan fingerprint density at radius 2 is 1.68 bits per heavy atom. The van der Waals surface area contributed by atoms with Crippen molar-refractivity contribution in [2.75, 3.05) is 11.4 Å². The molecule has 0 aliphatic carbocycles. The van der Waals surface area contributed by atoms with E-state index in [1.54, 1.807) is 48.5 Å². The first-order valence-electron chi connectivity index (χ1n) is 5.73. The lowest BCUT2D eigenvalue weighted by Crippen LogP contribution is -2.26. The van der Waals surface area contributed by atoms with Crippen molar-refractivity contribution in [3.63, 3.8) is 0 Å². The average molecular weight is 296 g/mol. The smallest absolute Gasteiger partial charge is 0.264 e. The number of benzene rings is 2. The summed E-state index contributed by atoms with van der Waals surface area (Å²) in [6, 6.07) is 13.5. The van der Waals surface area contributed by atoms with Gasteiger partial charge in [-0.2, -0.15) is 0 Å². The van der Waals surface area contributed by atoms with Crippen LogP contribution in [0, 0.1) is 6.92 Å². The van der Waals surface area contributed by atoms with Gasteiger partial charge in [0.05, 0.1) is 10.6 Å². The molecule has 0 aliphatic heterocycles. The van der Waals surface area contributed by atoms with Crippen LogP contribution < -0.4 is 4.31 Å². The molecule has 2 aromatic carbocycles. The maximum Gasteiger partial charge on any atom is 0.264 e. The second-order valence-corrected chi connectivity index (χ2v) is 6.60. The van der Waals surface area contributed by atoms with Crippen LogP contribution in [-0.4, -0.2) is 15.5 Å². The molecule has 2 aromatic rings. The predicted octanol–water partition coefficient (Wildman–Crippen LogP) is 3.47. The van der Waals surface area contributed by atoms with Gasteiger partial charge in [0.1, 0.15) is 0 Å². The van der Waals surface area contributed by atoms with Gasteiger partial charge in [-0.05, 0) is 42.8 Å². The fourth-order valence-corrected chi connectivity index (χ4v) is 3.04. The fourth-order valence-electron chi connectivity index (χ4n) is 1.71. The van der Waals surface area contributed by atoms with Gasteiger partial charge in [-0.15, -0.1) is 0 Å². The molecule has 0 unspecified atom stereocenters. The molecule has 3 nitrogen and oxygen atoms in total. The zero-order chi connectivity index (χ0) is 14.0. The number of hydrogen-bond acceptors (Lipinski definition) is 2. The van der Waals surface area contributed by atoms with E-state index in [2.05, 4.69) is 0 Å². The predicted molar refractivity (Wildman–Crippen MR) is 78.2 cm³/mol. The van der Waals surface area contributed by atoms with Crippen LogP contribution in [0.25, 0.3) is 0 Å². The molecule has 5 heteroatoms. The summed E-state index contributed by atoms with van der Waals surface area (Å²) < 4.78 is 26.1. The summed E-state index contributed by atoms with van der Waals surface area (Å²) in [5, 5.41) is 0.620. The number of aryl methyl sites for hydroxylation is 1. The third-order valence-corrected chi connectivity index (χ3v) is 5.13. The van der Waals surface area contributed by atoms with Crippen LogP contribution in [0.1, 0.15) is 5.56 Å². The molecule has 0 bridgehead atoms. The van der Waals surface area contributed by atoms with E-state index >= 15 is 0 Å². The molecule has 100 valence electrons. The normalized spacial score (nSPS) is 11.3. The van der Waals surface area contributed by atoms with Crippen molar-refractivity contribution in [3.8, 4) is 0 Å². The molecular formula is C14H14ClNO2S. The van der Waals surface area contributed by atoms with Crippen LogP contribution in [0.5, 0.6) is 0 Å². The Hall–Kier alpha value is -1.52. The van der Waals surface area contributed by atoms with Gasteiger partial charge in [0.15, 0.2) is 0 Å². The molecule has 0 fully saturated rings. The van der Waals surface area contributed by atoms with Crippen molar-refractivity contribution < 1.29 is 8.42 Å². The number of halogens is 1. The van der Waals surface area contributed by atoms with Gasteiger partial charge in [0.2, 0.25) is 0 Å². The van der Waals surface area contributed by atoms with Crippen LogP contribution in [0.15, 0.2) is 53.4 Å². The number of rotatable bonds is 3. The minimum absolute atomic E-state index is 0.269. The summed E-state index contributed by atoms with van der Waals surface area (Å²) in [6.07, 6.45) is 0. The maximum atomic E-state index is 12.4. The summed E-state index contributed by atoms with van der Waals surface area (Å²) in [6.45, 7) is 1.84. The van der Waals surface area contributed by atoms with E-state index < -0.39 is 10.0 Å². The fraction of sp³-hybridized carbons (Fsp3) is 0.143. The molecule has 0 saturated carbocycles. The molecule has 0 saturated heterocycles. The summed E-state index contributed by atoms with van der Waals surface area (Å²) in [5.41, 5.74) is 1.43. The highest BCUT2D eigenvalue weighted by molar-refractivity contribution is 7.92. The highest BCUT2D eigenvalue weighted by atomic mass is 35.5. The van der Waals surface area contributed by atoms with Crippen molar-refractivity contribution in [1.29, 1.82) is 0 Å². The molecule has 0 amide bonds. The molecular weight excluding hydrogens is 282 g/mol. The Labute approximate surface area is 118 Å². The van der Waals surface area contributed by atoms with Crippen molar-refractivity contribution >= 4 is 27.3 Å². The van der Waals surface area contributed by atoms with E-state index in [0.29, 0.717) is 10.7 Å². The van der Waals surface area contributed by atoms with Crippen molar-refractivity contribution in [2.45, 2.75) is 11.8 Å². The van der Waals surface area contributed by atoms with Gasteiger partial charge in [-0.3, -0.25) is 4.31 Å². The number of hydrogen-bond donors (Lipinski definition) is 0. The molecule has 0 aliphatic rings. The molecule has 0 spiro atoms. The first-order chi connectivity index (χ1) is 8.93. The molecule has 0 N–H and O–H groups in total. The minimum atomic E-state index is -3.53. The van der Waals surface area contributed by atoms with E-state index in [1.165, 1.54) is 11.4 Å². The third kappa shape index (κ3) is 2.74. The van der Waals surface area contributed by atoms with Crippen LogP contribution >= 0.6 is 11.6 Å². The van der Waals surface area contributed by atoms with Crippen LogP contribution in [-0.2, 0) is 10.0 Å². The van der Waals surface area contributed by atoms with E-state index in [0.717, 1.165) is 5.56 Å². The van der Waals surface area contributed by atoms with Gasteiger partial charge in [-0.25, -0.2) is 8.42 Å². The zero-order valence-corrected chi connectivity index (χ0v) is 12.2. The van der Waals surface area contributed by atoms with Gasteiger partial charge in [0, 0.05) is 12.1 Å². The Morgan fingerprint density at radius 1 is 1.05 bits per heavy atom. The SMILES string of the molecule is Cc1cc(N(C)S(=O)(=O)c2ccccc2)ccc1Cl. The Bertz CT molecular complexity index is 684. The van der Waals surface area contributed by atoms with Crippen molar-refractivity contribution in [1.82, 2.24) is 0 Å². The van der Waals surface area contributed by atoms with E-state index in [4.69, 9.17) is 11.6 Å².